The van der Waals surface area contributed by atoms with Crippen LogP contribution in [0.3, 0.4) is 0 Å². The van der Waals surface area contributed by atoms with Gasteiger partial charge in [0.1, 0.15) is 0 Å². The summed E-state index contributed by atoms with van der Waals surface area (Å²) in [6.45, 7) is 5.83. The third kappa shape index (κ3) is 2.21. The molecular weight excluding hydrogens is 128 g/mol. The summed E-state index contributed by atoms with van der Waals surface area (Å²) in [7, 11) is 0. The van der Waals surface area contributed by atoms with E-state index >= 15 is 0 Å². The van der Waals surface area contributed by atoms with Crippen LogP contribution in [0.25, 0.3) is 0 Å². The normalized spacial score (nSPS) is 23.3. The molecule has 58 valence electrons. The molecule has 0 bridgehead atoms. The van der Waals surface area contributed by atoms with Crippen molar-refractivity contribution < 1.29 is 9.90 Å². The number of carbonyl (C=O) groups excluding carboxylic acids is 1. The summed E-state index contributed by atoms with van der Waals surface area (Å²) in [5.74, 6) is 0.326. The van der Waals surface area contributed by atoms with Crippen LogP contribution in [0.5, 0.6) is 0 Å². The quantitative estimate of drug-likeness (QED) is 0.562. The Hall–Kier alpha value is -0.790. The summed E-state index contributed by atoms with van der Waals surface area (Å²) >= 11 is 0. The van der Waals surface area contributed by atoms with Crippen LogP contribution in [-0.2, 0) is 4.79 Å². The van der Waals surface area contributed by atoms with Crippen molar-refractivity contribution in [1.29, 1.82) is 0 Å². The van der Waals surface area contributed by atoms with E-state index in [9.17, 15) is 4.79 Å². The zero-order chi connectivity index (χ0) is 8.15. The van der Waals surface area contributed by atoms with E-state index in [1.165, 1.54) is 6.08 Å². The minimum absolute atomic E-state index is 0.0370. The molecule has 0 aliphatic heterocycles. The molecule has 10 heavy (non-hydrogen) atoms. The molecule has 1 N–H and O–H groups in total. The molecule has 0 saturated heterocycles. The largest absolute Gasteiger partial charge is 0.512 e. The summed E-state index contributed by atoms with van der Waals surface area (Å²) < 4.78 is 0. The molecule has 2 heteroatoms. The second-order valence-corrected chi connectivity index (χ2v) is 2.14. The van der Waals surface area contributed by atoms with Gasteiger partial charge in [0.05, 0.1) is 5.76 Å². The van der Waals surface area contributed by atoms with Gasteiger partial charge in [-0.15, -0.1) is 0 Å². The highest BCUT2D eigenvalue weighted by Gasteiger charge is 2.18. The maximum atomic E-state index is 10.4. The van der Waals surface area contributed by atoms with Gasteiger partial charge in [-0.25, -0.2) is 0 Å². The van der Waals surface area contributed by atoms with E-state index in [4.69, 9.17) is 5.11 Å². The van der Waals surface area contributed by atoms with Crippen LogP contribution >= 0.6 is 0 Å². The monoisotopic (exact) mass is 142 g/mol. The molecule has 1 rings (SSSR count). The fourth-order valence-corrected chi connectivity index (χ4v) is 0.772. The van der Waals surface area contributed by atoms with Crippen LogP contribution in [0.4, 0.5) is 0 Å². The van der Waals surface area contributed by atoms with Gasteiger partial charge in [-0.05, 0) is 0 Å². The van der Waals surface area contributed by atoms with Crippen molar-refractivity contribution in [2.24, 2.45) is 5.92 Å². The summed E-state index contributed by atoms with van der Waals surface area (Å²) in [4.78, 5) is 10.4. The first-order valence-corrected chi connectivity index (χ1v) is 3.63. The standard InChI is InChI=1S/C6H8O2.C2H6/c1-4-2-5(7)3-6(4)8;1-2/h3-4,8H,2H2,1H3;1-2H3. The Kier molecular flexibility index (Phi) is 3.77. The molecule has 1 aliphatic carbocycles. The molecule has 0 aromatic rings. The van der Waals surface area contributed by atoms with Gasteiger partial charge in [-0.3, -0.25) is 4.79 Å². The first kappa shape index (κ1) is 9.21. The third-order valence-electron chi connectivity index (χ3n) is 1.32. The highest BCUT2D eigenvalue weighted by molar-refractivity contribution is 5.92. The Labute approximate surface area is 61.6 Å². The zero-order valence-electron chi connectivity index (χ0n) is 6.72. The van der Waals surface area contributed by atoms with Crippen molar-refractivity contribution >= 4 is 5.78 Å². The molecule has 0 radical (unpaired) electrons. The average Bonchev–Trinajstić information content (AvgIpc) is 2.16. The lowest BCUT2D eigenvalue weighted by Crippen LogP contribution is -1.92. The van der Waals surface area contributed by atoms with Crippen molar-refractivity contribution in [1.82, 2.24) is 0 Å². The van der Waals surface area contributed by atoms with E-state index in [1.54, 1.807) is 0 Å². The summed E-state index contributed by atoms with van der Waals surface area (Å²) in [5, 5.41) is 8.81. The second-order valence-electron chi connectivity index (χ2n) is 2.14. The van der Waals surface area contributed by atoms with Gasteiger partial charge in [0.25, 0.3) is 0 Å². The SMILES string of the molecule is CC.CC1CC(=O)C=C1O. The van der Waals surface area contributed by atoms with Crippen LogP contribution in [0.2, 0.25) is 0 Å². The molecule has 0 spiro atoms. The number of allylic oxidation sites excluding steroid dienone is 2. The fourth-order valence-electron chi connectivity index (χ4n) is 0.772. The minimum atomic E-state index is 0.0370. The lowest BCUT2D eigenvalue weighted by molar-refractivity contribution is -0.114. The number of rotatable bonds is 0. The molecule has 0 fully saturated rings. The highest BCUT2D eigenvalue weighted by Crippen LogP contribution is 2.19. The average molecular weight is 142 g/mol. The second kappa shape index (κ2) is 4.09. The van der Waals surface area contributed by atoms with Gasteiger partial charge in [0.15, 0.2) is 5.78 Å². The smallest absolute Gasteiger partial charge is 0.159 e. The lowest BCUT2D eigenvalue weighted by Gasteiger charge is -1.96. The van der Waals surface area contributed by atoms with Gasteiger partial charge >= 0.3 is 0 Å². The maximum Gasteiger partial charge on any atom is 0.159 e. The summed E-state index contributed by atoms with van der Waals surface area (Å²) in [6.07, 6.45) is 1.77. The number of ketones is 1. The van der Waals surface area contributed by atoms with Crippen LogP contribution in [0, 0.1) is 5.92 Å². The van der Waals surface area contributed by atoms with Gasteiger partial charge < -0.3 is 5.11 Å². The van der Waals surface area contributed by atoms with E-state index < -0.39 is 0 Å². The molecule has 1 aliphatic rings. The van der Waals surface area contributed by atoms with Crippen LogP contribution in [-0.4, -0.2) is 10.9 Å². The van der Waals surface area contributed by atoms with Crippen molar-refractivity contribution in [3.05, 3.63) is 11.8 Å². The number of aliphatic hydroxyl groups excluding tert-OH is 1. The summed E-state index contributed by atoms with van der Waals surface area (Å²) in [5.41, 5.74) is 0. The van der Waals surface area contributed by atoms with Crippen molar-refractivity contribution in [3.63, 3.8) is 0 Å². The topological polar surface area (TPSA) is 37.3 Å². The Morgan fingerprint density at radius 3 is 2.20 bits per heavy atom. The van der Waals surface area contributed by atoms with Gasteiger partial charge in [-0.2, -0.15) is 0 Å². The molecule has 0 saturated carbocycles. The van der Waals surface area contributed by atoms with E-state index in [-0.39, 0.29) is 17.5 Å². The number of aliphatic hydroxyl groups is 1. The zero-order valence-corrected chi connectivity index (χ0v) is 6.72. The van der Waals surface area contributed by atoms with Crippen molar-refractivity contribution in [2.45, 2.75) is 27.2 Å². The van der Waals surface area contributed by atoms with Crippen LogP contribution in [0.1, 0.15) is 27.2 Å². The summed E-state index contributed by atoms with van der Waals surface area (Å²) in [6, 6.07) is 0. The lowest BCUT2D eigenvalue weighted by atomic mass is 10.1. The molecule has 0 amide bonds. The molecule has 1 atom stereocenters. The molecular formula is C8H14O2. The van der Waals surface area contributed by atoms with E-state index in [1.807, 2.05) is 20.8 Å². The maximum absolute atomic E-state index is 10.4. The van der Waals surface area contributed by atoms with Crippen molar-refractivity contribution in [3.8, 4) is 0 Å². The Morgan fingerprint density at radius 2 is 2.10 bits per heavy atom. The third-order valence-corrected chi connectivity index (χ3v) is 1.32. The minimum Gasteiger partial charge on any atom is -0.512 e. The molecule has 2 nitrogen and oxygen atoms in total. The Balaban J connectivity index is 0.000000371. The van der Waals surface area contributed by atoms with Crippen LogP contribution < -0.4 is 0 Å². The molecule has 0 heterocycles. The highest BCUT2D eigenvalue weighted by atomic mass is 16.3. The van der Waals surface area contributed by atoms with Gasteiger partial charge in [-0.1, -0.05) is 20.8 Å². The molecule has 0 aromatic carbocycles. The van der Waals surface area contributed by atoms with Gasteiger partial charge in [0.2, 0.25) is 0 Å². The number of hydrogen-bond donors (Lipinski definition) is 1. The first-order valence-electron chi connectivity index (χ1n) is 3.63. The predicted octanol–water partition coefficient (Wildman–Crippen LogP) is 2.06. The molecule has 1 unspecified atom stereocenters. The van der Waals surface area contributed by atoms with E-state index in [2.05, 4.69) is 0 Å². The predicted molar refractivity (Wildman–Crippen MR) is 40.8 cm³/mol. The van der Waals surface area contributed by atoms with Crippen molar-refractivity contribution in [2.75, 3.05) is 0 Å². The molecule has 0 aromatic heterocycles. The number of carbonyl (C=O) groups is 1. The Morgan fingerprint density at radius 1 is 1.60 bits per heavy atom. The fraction of sp³-hybridized carbons (Fsp3) is 0.625. The van der Waals surface area contributed by atoms with Crippen LogP contribution in [0.15, 0.2) is 11.8 Å². The van der Waals surface area contributed by atoms with E-state index in [0.717, 1.165) is 0 Å². The Bertz CT molecular complexity index is 147. The first-order chi connectivity index (χ1) is 4.70. The van der Waals surface area contributed by atoms with Gasteiger partial charge in [0, 0.05) is 18.4 Å². The van der Waals surface area contributed by atoms with E-state index in [0.29, 0.717) is 6.42 Å². The number of hydrogen-bond acceptors (Lipinski definition) is 2.